The molecule has 0 bridgehead atoms. The van der Waals surface area contributed by atoms with Gasteiger partial charge in [0.25, 0.3) is 5.56 Å². The summed E-state index contributed by atoms with van der Waals surface area (Å²) in [5.41, 5.74) is -0.00928. The van der Waals surface area contributed by atoms with E-state index in [9.17, 15) is 14.7 Å². The molecule has 0 saturated carbocycles. The first-order valence-corrected chi connectivity index (χ1v) is 8.45. The zero-order chi connectivity index (χ0) is 17.9. The molecular formula is C18H21NO4S. The number of Topliss-reactive ketones (excluding diaryl/α,β-unsaturated/α-hetero) is 1. The molecule has 128 valence electrons. The van der Waals surface area contributed by atoms with Crippen LogP contribution >= 0.6 is 11.3 Å². The molecule has 0 spiro atoms. The van der Waals surface area contributed by atoms with E-state index in [2.05, 4.69) is 4.98 Å². The van der Waals surface area contributed by atoms with Crippen LogP contribution in [0.2, 0.25) is 0 Å². The van der Waals surface area contributed by atoms with Gasteiger partial charge in [0.2, 0.25) is 0 Å². The lowest BCUT2D eigenvalue weighted by atomic mass is 9.91. The number of nitrogens with one attached hydrogen (secondary N) is 1. The van der Waals surface area contributed by atoms with Crippen LogP contribution in [0.5, 0.6) is 11.5 Å². The van der Waals surface area contributed by atoms with Gasteiger partial charge in [-0.3, -0.25) is 9.59 Å². The van der Waals surface area contributed by atoms with Crippen molar-refractivity contribution < 1.29 is 14.6 Å². The Morgan fingerprint density at radius 1 is 1.38 bits per heavy atom. The first kappa shape index (κ1) is 18.0. The van der Waals surface area contributed by atoms with Gasteiger partial charge in [-0.1, -0.05) is 26.8 Å². The summed E-state index contributed by atoms with van der Waals surface area (Å²) in [5.74, 6) is 0.377. The number of aromatic nitrogens is 1. The number of ether oxygens (including phenoxy) is 1. The molecule has 0 radical (unpaired) electrons. The lowest BCUT2D eigenvalue weighted by Gasteiger charge is -2.12. The summed E-state index contributed by atoms with van der Waals surface area (Å²) >= 11 is 1.22. The molecule has 0 aliphatic heterocycles. The predicted molar refractivity (Wildman–Crippen MR) is 96.0 cm³/mol. The molecular weight excluding hydrogens is 326 g/mol. The van der Waals surface area contributed by atoms with Gasteiger partial charge in [-0.15, -0.1) is 11.3 Å². The summed E-state index contributed by atoms with van der Waals surface area (Å²) < 4.78 is 6.34. The highest BCUT2D eigenvalue weighted by Gasteiger charge is 2.18. The second-order valence-electron chi connectivity index (χ2n) is 6.35. The zero-order valence-corrected chi connectivity index (χ0v) is 15.0. The zero-order valence-electron chi connectivity index (χ0n) is 14.2. The number of phenolic OH excluding ortho intramolecular Hbond substituents is 1. The first-order chi connectivity index (χ1) is 11.2. The maximum atomic E-state index is 12.1. The van der Waals surface area contributed by atoms with Gasteiger partial charge in [0.05, 0.1) is 15.8 Å². The van der Waals surface area contributed by atoms with Crippen molar-refractivity contribution in [3.63, 3.8) is 0 Å². The molecule has 2 N–H and O–H groups in total. The number of H-pyrrole nitrogens is 1. The van der Waals surface area contributed by atoms with Crippen molar-refractivity contribution in [1.82, 2.24) is 4.98 Å². The van der Waals surface area contributed by atoms with E-state index in [1.165, 1.54) is 23.5 Å². The smallest absolute Gasteiger partial charge is 0.266 e. The lowest BCUT2D eigenvalue weighted by molar-refractivity contribution is -0.119. The monoisotopic (exact) mass is 347 g/mol. The Labute approximate surface area is 143 Å². The number of carbonyl (C=O) groups is 1. The van der Waals surface area contributed by atoms with Gasteiger partial charge >= 0.3 is 0 Å². The van der Waals surface area contributed by atoms with Gasteiger partial charge in [-0.25, -0.2) is 0 Å². The van der Waals surface area contributed by atoms with Gasteiger partial charge in [0, 0.05) is 11.5 Å². The van der Waals surface area contributed by atoms with Crippen molar-refractivity contribution in [2.75, 3.05) is 6.61 Å². The highest BCUT2D eigenvalue weighted by atomic mass is 32.1. The average Bonchev–Trinajstić information content (AvgIpc) is 2.81. The minimum atomic E-state index is -0.492. The van der Waals surface area contributed by atoms with Crippen LogP contribution < -0.4 is 19.5 Å². The number of hydrogen-bond acceptors (Lipinski definition) is 5. The van der Waals surface area contributed by atoms with Crippen molar-refractivity contribution in [2.45, 2.75) is 27.7 Å². The fourth-order valence-electron chi connectivity index (χ4n) is 1.90. The van der Waals surface area contributed by atoms with Crippen molar-refractivity contribution in [1.29, 1.82) is 0 Å². The molecule has 0 amide bonds. The number of aromatic amines is 1. The summed E-state index contributed by atoms with van der Waals surface area (Å²) in [4.78, 5) is 26.8. The molecule has 1 aromatic heterocycles. The molecule has 1 aromatic carbocycles. The molecule has 0 saturated heterocycles. The second-order valence-corrected chi connectivity index (χ2v) is 7.43. The van der Waals surface area contributed by atoms with Crippen LogP contribution in [0.15, 0.2) is 23.0 Å². The standard InChI is InChI=1S/C18H21NO4S/c1-5-23-13-8-11(6-7-12(13)20)9-14-17(22)19-16(24-14)10-15(21)18(2,3)4/h6-10,20H,5H2,1-4H3,(H,19,22)/b14-9+,16-10+. The van der Waals surface area contributed by atoms with E-state index >= 15 is 0 Å². The average molecular weight is 347 g/mol. The Hall–Kier alpha value is -2.34. The number of thiazole rings is 1. The summed E-state index contributed by atoms with van der Waals surface area (Å²) in [6, 6.07) is 4.89. The number of aromatic hydroxyl groups is 1. The van der Waals surface area contributed by atoms with E-state index in [-0.39, 0.29) is 17.1 Å². The second kappa shape index (κ2) is 7.05. The Bertz CT molecular complexity index is 916. The van der Waals surface area contributed by atoms with Crippen LogP contribution in [0.3, 0.4) is 0 Å². The van der Waals surface area contributed by atoms with Crippen LogP contribution in [-0.2, 0) is 4.79 Å². The van der Waals surface area contributed by atoms with Crippen LogP contribution in [-0.4, -0.2) is 22.5 Å². The highest BCUT2D eigenvalue weighted by molar-refractivity contribution is 7.07. The van der Waals surface area contributed by atoms with Crippen molar-refractivity contribution in [2.24, 2.45) is 5.41 Å². The number of hydrogen-bond donors (Lipinski definition) is 2. The predicted octanol–water partition coefficient (Wildman–Crippen LogP) is 1.77. The number of phenols is 1. The van der Waals surface area contributed by atoms with Gasteiger partial charge in [0.15, 0.2) is 17.3 Å². The molecule has 2 rings (SSSR count). The molecule has 0 aliphatic carbocycles. The highest BCUT2D eigenvalue weighted by Crippen LogP contribution is 2.26. The first-order valence-electron chi connectivity index (χ1n) is 7.63. The summed E-state index contributed by atoms with van der Waals surface area (Å²) in [6.45, 7) is 7.75. The van der Waals surface area contributed by atoms with Crippen LogP contribution in [0.25, 0.3) is 12.2 Å². The third-order valence-corrected chi connectivity index (χ3v) is 4.23. The fraction of sp³-hybridized carbons (Fsp3) is 0.333. The van der Waals surface area contributed by atoms with Crippen molar-refractivity contribution in [3.05, 3.63) is 43.3 Å². The number of benzene rings is 1. The van der Waals surface area contributed by atoms with E-state index < -0.39 is 5.41 Å². The maximum Gasteiger partial charge on any atom is 0.266 e. The molecule has 0 unspecified atom stereocenters. The fourth-order valence-corrected chi connectivity index (χ4v) is 2.79. The topological polar surface area (TPSA) is 79.4 Å². The Morgan fingerprint density at radius 3 is 2.71 bits per heavy atom. The van der Waals surface area contributed by atoms with Gasteiger partial charge in [-0.05, 0) is 30.7 Å². The van der Waals surface area contributed by atoms with E-state index in [1.807, 2.05) is 27.7 Å². The maximum absolute atomic E-state index is 12.1. The molecule has 5 nitrogen and oxygen atoms in total. The minimum absolute atomic E-state index is 0.0465. The molecule has 0 atom stereocenters. The summed E-state index contributed by atoms with van der Waals surface area (Å²) in [7, 11) is 0. The quantitative estimate of drug-likeness (QED) is 0.883. The molecule has 2 aromatic rings. The van der Waals surface area contributed by atoms with Gasteiger partial charge in [-0.2, -0.15) is 0 Å². The minimum Gasteiger partial charge on any atom is -0.504 e. The van der Waals surface area contributed by atoms with E-state index in [0.717, 1.165) is 5.56 Å². The van der Waals surface area contributed by atoms with E-state index in [1.54, 1.807) is 18.2 Å². The largest absolute Gasteiger partial charge is 0.504 e. The van der Waals surface area contributed by atoms with E-state index in [4.69, 9.17) is 4.74 Å². The van der Waals surface area contributed by atoms with Crippen molar-refractivity contribution >= 4 is 29.3 Å². The normalized spacial score (nSPS) is 13.3. The summed E-state index contributed by atoms with van der Waals surface area (Å²) in [5, 5.41) is 9.72. The number of carbonyl (C=O) groups excluding carboxylic acids is 1. The summed E-state index contributed by atoms with van der Waals surface area (Å²) in [6.07, 6.45) is 3.16. The van der Waals surface area contributed by atoms with Gasteiger partial charge < -0.3 is 14.8 Å². The van der Waals surface area contributed by atoms with E-state index in [0.29, 0.717) is 21.6 Å². The molecule has 24 heavy (non-hydrogen) atoms. The third kappa shape index (κ3) is 4.35. The molecule has 1 heterocycles. The lowest BCUT2D eigenvalue weighted by Crippen LogP contribution is -2.22. The number of ketones is 1. The van der Waals surface area contributed by atoms with Crippen LogP contribution in [0.4, 0.5) is 0 Å². The van der Waals surface area contributed by atoms with Crippen LogP contribution in [0, 0.1) is 5.41 Å². The molecule has 6 heteroatoms. The Kier molecular flexibility index (Phi) is 5.29. The Balaban J connectivity index is 2.46. The SMILES string of the molecule is CCOc1cc(/C=c2/s/c(=C/C(=O)C(C)(C)C)[nH]c2=O)ccc1O. The third-order valence-electron chi connectivity index (χ3n) is 3.26. The molecule has 0 aliphatic rings. The van der Waals surface area contributed by atoms with Crippen molar-refractivity contribution in [3.8, 4) is 11.5 Å². The number of rotatable bonds is 4. The van der Waals surface area contributed by atoms with Crippen LogP contribution in [0.1, 0.15) is 33.3 Å². The Morgan fingerprint density at radius 2 is 2.08 bits per heavy atom. The van der Waals surface area contributed by atoms with Gasteiger partial charge in [0.1, 0.15) is 0 Å². The molecule has 0 fully saturated rings.